The molecule has 0 N–H and O–H groups in total. The van der Waals surface area contributed by atoms with Crippen molar-refractivity contribution >= 4 is 17.4 Å². The number of hydrogen-bond acceptors (Lipinski definition) is 1. The summed E-state index contributed by atoms with van der Waals surface area (Å²) in [5.41, 5.74) is 0. The molecule has 0 saturated heterocycles. The van der Waals surface area contributed by atoms with Crippen LogP contribution in [0.1, 0.15) is 0 Å². The van der Waals surface area contributed by atoms with Crippen LogP contribution < -0.4 is 0 Å². The fourth-order valence-corrected chi connectivity index (χ4v) is 0. The fraction of sp³-hybridized carbons (Fsp3) is 0. The van der Waals surface area contributed by atoms with E-state index in [9.17, 15) is 0 Å². The van der Waals surface area contributed by atoms with Gasteiger partial charge in [0.25, 0.3) is 0 Å². The maximum Gasteiger partial charge on any atom is 0.187 e. The van der Waals surface area contributed by atoms with Crippen molar-refractivity contribution in [1.29, 1.82) is 5.26 Å². The van der Waals surface area contributed by atoms with Crippen LogP contribution in [0, 0.1) is 9.64 Å². The van der Waals surface area contributed by atoms with E-state index in [1.165, 1.54) is 20.4 Å². The number of nitrogens with zero attached hydrogens (tertiary/aromatic N) is 1. The first-order valence-electron chi connectivity index (χ1n) is 0.474. The molecule has 0 aliphatic heterocycles. The van der Waals surface area contributed by atoms with Crippen LogP contribution in [0.3, 0.4) is 0 Å². The zero-order valence-electron chi connectivity index (χ0n) is 1.45. The van der Waals surface area contributed by atoms with E-state index in [1.807, 2.05) is 0 Å². The smallest absolute Gasteiger partial charge is 0.187 e. The summed E-state index contributed by atoms with van der Waals surface area (Å²) < 4.78 is 1.75. The quantitative estimate of drug-likeness (QED) is 0.355. The molecule has 4 heavy (non-hydrogen) atoms. The van der Waals surface area contributed by atoms with Crippen LogP contribution in [0.2, 0.25) is 0 Å². The van der Waals surface area contributed by atoms with Gasteiger partial charge in [0, 0.05) is 0 Å². The normalized spacial score (nSPS) is 1.50. The van der Waals surface area contributed by atoms with Crippen LogP contribution in [-0.4, -0.2) is 17.4 Å². The predicted molar refractivity (Wildman–Crippen MR) is 15.6 cm³/mol. The topological polar surface area (TPSA) is 23.8 Å². The minimum atomic E-state index is 0. The zero-order valence-corrected chi connectivity index (χ0v) is 3.01. The van der Waals surface area contributed by atoms with Crippen LogP contribution in [-0.2, 0) is 20.4 Å². The van der Waals surface area contributed by atoms with Gasteiger partial charge in [-0.3, -0.25) is 0 Å². The molecule has 0 amide bonds. The van der Waals surface area contributed by atoms with Gasteiger partial charge in [-0.05, 0) is 0 Å². The molecular formula is CH3AlNTi. The number of hydrogen-bond donors (Lipinski definition) is 0. The van der Waals surface area contributed by atoms with Crippen molar-refractivity contribution in [1.82, 2.24) is 0 Å². The summed E-state index contributed by atoms with van der Waals surface area (Å²) in [6.45, 7) is 0. The molecule has 0 aromatic carbocycles. The third-order valence-corrected chi connectivity index (χ3v) is 0. The minimum absolute atomic E-state index is 0. The first kappa shape index (κ1) is 8.83. The Bertz CT molecular complexity index is 29.5. The van der Waals surface area contributed by atoms with Gasteiger partial charge in [0.15, 0.2) is 17.4 Å². The third-order valence-electron chi connectivity index (χ3n) is 0. The number of nitriles is 1. The largest absolute Gasteiger partial charge is 0.187 e. The third kappa shape index (κ3) is 15.2. The van der Waals surface area contributed by atoms with E-state index in [4.69, 9.17) is 5.26 Å². The van der Waals surface area contributed by atoms with Gasteiger partial charge in [-0.2, -0.15) is 0 Å². The predicted octanol–water partition coefficient (Wildman–Crippen LogP) is -1.17. The molecule has 0 aromatic heterocycles. The van der Waals surface area contributed by atoms with Crippen LogP contribution in [0.15, 0.2) is 0 Å². The molecule has 0 bridgehead atoms. The first-order valence-corrected chi connectivity index (χ1v) is 1.25. The van der Waals surface area contributed by atoms with E-state index in [1.54, 1.807) is 4.37 Å². The second-order valence-corrected chi connectivity index (χ2v) is 0.461. The Morgan fingerprint density at radius 3 is 1.75 bits per heavy atom. The second kappa shape index (κ2) is 9.28. The van der Waals surface area contributed by atoms with Gasteiger partial charge in [0.05, 0.1) is 0 Å². The van der Waals surface area contributed by atoms with Gasteiger partial charge >= 0.3 is 30.1 Å². The summed E-state index contributed by atoms with van der Waals surface area (Å²) >= 11 is 1.43. The summed E-state index contributed by atoms with van der Waals surface area (Å²) in [5.74, 6) is 0. The maximum atomic E-state index is 7.32. The molecule has 0 rings (SSSR count). The van der Waals surface area contributed by atoms with Crippen LogP contribution in [0.4, 0.5) is 0 Å². The molecule has 0 spiro atoms. The Kier molecular flexibility index (Phi) is 20.5. The summed E-state index contributed by atoms with van der Waals surface area (Å²) in [6.07, 6.45) is 0. The molecule has 0 unspecified atom stereocenters. The molecular weight excluding hydrogens is 101 g/mol. The fourth-order valence-electron chi connectivity index (χ4n) is 0. The molecule has 0 aromatic rings. The van der Waals surface area contributed by atoms with E-state index >= 15 is 0 Å². The molecule has 0 heterocycles. The average molecular weight is 104 g/mol. The van der Waals surface area contributed by atoms with Crippen molar-refractivity contribution in [2.24, 2.45) is 0 Å². The van der Waals surface area contributed by atoms with Crippen molar-refractivity contribution in [3.8, 4) is 4.37 Å². The van der Waals surface area contributed by atoms with Gasteiger partial charge in [0.2, 0.25) is 0 Å². The molecule has 1 nitrogen and oxygen atoms in total. The van der Waals surface area contributed by atoms with Gasteiger partial charge in [-0.15, -0.1) is 0 Å². The monoisotopic (exact) mass is 104 g/mol. The summed E-state index contributed by atoms with van der Waals surface area (Å²) in [6, 6.07) is 0. The van der Waals surface area contributed by atoms with E-state index in [2.05, 4.69) is 0 Å². The Morgan fingerprint density at radius 1 is 1.75 bits per heavy atom. The number of rotatable bonds is 0. The van der Waals surface area contributed by atoms with E-state index in [-0.39, 0.29) is 17.4 Å². The molecule has 0 atom stereocenters. The molecule has 0 fully saturated rings. The van der Waals surface area contributed by atoms with Gasteiger partial charge < -0.3 is 0 Å². The zero-order chi connectivity index (χ0) is 2.71. The Morgan fingerprint density at radius 2 is 1.75 bits per heavy atom. The standard InChI is InChI=1S/CN.Al.Ti.3H/c1-2;;;;;. The average Bonchev–Trinajstić information content (AvgIpc) is 0.918. The summed E-state index contributed by atoms with van der Waals surface area (Å²) in [4.78, 5) is 0. The van der Waals surface area contributed by atoms with Crippen LogP contribution >= 0.6 is 0 Å². The molecule has 19 valence electrons. The Labute approximate surface area is 47.5 Å². The van der Waals surface area contributed by atoms with Crippen molar-refractivity contribution in [2.75, 3.05) is 0 Å². The van der Waals surface area contributed by atoms with E-state index in [0.717, 1.165) is 0 Å². The second-order valence-electron chi connectivity index (χ2n) is 0.112. The van der Waals surface area contributed by atoms with Gasteiger partial charge in [0.1, 0.15) is 0 Å². The maximum absolute atomic E-state index is 7.32. The van der Waals surface area contributed by atoms with Crippen molar-refractivity contribution in [3.63, 3.8) is 0 Å². The Balaban J connectivity index is 0. The van der Waals surface area contributed by atoms with Crippen molar-refractivity contribution in [3.05, 3.63) is 0 Å². The minimum Gasteiger partial charge on any atom is 0.187 e. The first-order chi connectivity index (χ1) is 1.41. The van der Waals surface area contributed by atoms with Gasteiger partial charge in [-0.1, -0.05) is 0 Å². The van der Waals surface area contributed by atoms with Crippen molar-refractivity contribution < 1.29 is 20.4 Å². The SMILES string of the molecule is N#[C][Ti].[AlH3]. The Hall–Kier alpha value is 0.737. The molecule has 0 radical (unpaired) electrons. The molecule has 3 heteroatoms. The summed E-state index contributed by atoms with van der Waals surface area (Å²) in [5, 5.41) is 7.32. The molecule has 0 aliphatic rings. The van der Waals surface area contributed by atoms with E-state index in [0.29, 0.717) is 0 Å². The molecule has 0 aliphatic carbocycles. The van der Waals surface area contributed by atoms with Crippen LogP contribution in [0.5, 0.6) is 0 Å². The van der Waals surface area contributed by atoms with E-state index < -0.39 is 0 Å². The van der Waals surface area contributed by atoms with Crippen LogP contribution in [0.25, 0.3) is 0 Å². The molecule has 0 saturated carbocycles. The van der Waals surface area contributed by atoms with Crippen molar-refractivity contribution in [2.45, 2.75) is 0 Å². The van der Waals surface area contributed by atoms with Gasteiger partial charge in [-0.25, -0.2) is 0 Å². The summed E-state index contributed by atoms with van der Waals surface area (Å²) in [7, 11) is 0.